The van der Waals surface area contributed by atoms with Gasteiger partial charge in [0.15, 0.2) is 0 Å². The smallest absolute Gasteiger partial charge is 0.254 e. The molecule has 7 heteroatoms. The Hall–Kier alpha value is -2.41. The van der Waals surface area contributed by atoms with E-state index in [2.05, 4.69) is 10.3 Å². The summed E-state index contributed by atoms with van der Waals surface area (Å²) in [6, 6.07) is 2.77. The number of aromatic nitrogens is 1. The topological polar surface area (TPSA) is 108 Å². The molecule has 0 aliphatic heterocycles. The standard InChI is InChI=1S/C12H12FN3O3/c13-8-2-1-7(10-6(8)3-4-15-10)12(19)16-9(5-17)11(14)18/h1-4,9,15,17H,5H2,(H2,14,18)(H,16,19)/t9-/m0/s1. The maximum atomic E-state index is 13.5. The van der Waals surface area contributed by atoms with Gasteiger partial charge in [0.05, 0.1) is 17.7 Å². The third kappa shape index (κ3) is 2.41. The highest BCUT2D eigenvalue weighted by Gasteiger charge is 2.20. The molecule has 0 bridgehead atoms. The number of H-pyrrole nitrogens is 1. The highest BCUT2D eigenvalue weighted by Crippen LogP contribution is 2.20. The van der Waals surface area contributed by atoms with Gasteiger partial charge in [-0.2, -0.15) is 0 Å². The van der Waals surface area contributed by atoms with E-state index in [-0.39, 0.29) is 10.9 Å². The van der Waals surface area contributed by atoms with Gasteiger partial charge in [-0.1, -0.05) is 0 Å². The molecule has 0 saturated heterocycles. The zero-order valence-corrected chi connectivity index (χ0v) is 9.81. The molecule has 1 heterocycles. The van der Waals surface area contributed by atoms with Gasteiger partial charge in [0, 0.05) is 11.6 Å². The van der Waals surface area contributed by atoms with Crippen LogP contribution < -0.4 is 11.1 Å². The molecule has 5 N–H and O–H groups in total. The highest BCUT2D eigenvalue weighted by atomic mass is 19.1. The van der Waals surface area contributed by atoms with Crippen LogP contribution in [0.5, 0.6) is 0 Å². The predicted octanol–water partition coefficient (Wildman–Crippen LogP) is -0.117. The Morgan fingerprint density at radius 1 is 1.42 bits per heavy atom. The van der Waals surface area contributed by atoms with Gasteiger partial charge in [0.25, 0.3) is 5.91 Å². The lowest BCUT2D eigenvalue weighted by Crippen LogP contribution is -2.46. The summed E-state index contributed by atoms with van der Waals surface area (Å²) in [7, 11) is 0. The third-order valence-electron chi connectivity index (χ3n) is 2.75. The van der Waals surface area contributed by atoms with Gasteiger partial charge in [-0.05, 0) is 18.2 Å². The van der Waals surface area contributed by atoms with Crippen molar-refractivity contribution >= 4 is 22.7 Å². The van der Waals surface area contributed by atoms with Gasteiger partial charge >= 0.3 is 0 Å². The van der Waals surface area contributed by atoms with E-state index in [4.69, 9.17) is 10.8 Å². The Bertz CT molecular complexity index is 638. The SMILES string of the molecule is NC(=O)[C@H](CO)NC(=O)c1ccc(F)c2cc[nH]c12. The van der Waals surface area contributed by atoms with Gasteiger partial charge in [-0.25, -0.2) is 4.39 Å². The number of rotatable bonds is 4. The number of hydrogen-bond acceptors (Lipinski definition) is 3. The fourth-order valence-corrected chi connectivity index (χ4v) is 1.75. The first kappa shape index (κ1) is 13.0. The van der Waals surface area contributed by atoms with E-state index >= 15 is 0 Å². The number of aliphatic hydroxyl groups excluding tert-OH is 1. The second-order valence-corrected chi connectivity index (χ2v) is 3.97. The monoisotopic (exact) mass is 265 g/mol. The molecule has 2 aromatic rings. The molecule has 2 amide bonds. The molecular formula is C12H12FN3O3. The van der Waals surface area contributed by atoms with E-state index in [0.29, 0.717) is 5.52 Å². The van der Waals surface area contributed by atoms with Crippen LogP contribution in [0.3, 0.4) is 0 Å². The second kappa shape index (κ2) is 5.07. The summed E-state index contributed by atoms with van der Waals surface area (Å²) < 4.78 is 13.5. The largest absolute Gasteiger partial charge is 0.394 e. The minimum Gasteiger partial charge on any atom is -0.394 e. The number of benzene rings is 1. The number of nitrogens with two attached hydrogens (primary N) is 1. The molecule has 0 aliphatic rings. The Morgan fingerprint density at radius 2 is 2.16 bits per heavy atom. The molecule has 100 valence electrons. The van der Waals surface area contributed by atoms with Crippen LogP contribution in [0, 0.1) is 5.82 Å². The summed E-state index contributed by atoms with van der Waals surface area (Å²) in [4.78, 5) is 25.7. The van der Waals surface area contributed by atoms with E-state index in [1.54, 1.807) is 0 Å². The molecule has 0 radical (unpaired) electrons. The second-order valence-electron chi connectivity index (χ2n) is 3.97. The van der Waals surface area contributed by atoms with Crippen molar-refractivity contribution in [1.29, 1.82) is 0 Å². The number of aliphatic hydroxyl groups is 1. The van der Waals surface area contributed by atoms with Crippen molar-refractivity contribution in [2.24, 2.45) is 5.73 Å². The lowest BCUT2D eigenvalue weighted by atomic mass is 10.1. The lowest BCUT2D eigenvalue weighted by molar-refractivity contribution is -0.120. The Labute approximate surface area is 107 Å². The van der Waals surface area contributed by atoms with E-state index in [1.807, 2.05) is 0 Å². The highest BCUT2D eigenvalue weighted by molar-refractivity contribution is 6.07. The number of carbonyl (C=O) groups excluding carboxylic acids is 2. The molecule has 6 nitrogen and oxygen atoms in total. The molecule has 2 rings (SSSR count). The predicted molar refractivity (Wildman–Crippen MR) is 65.8 cm³/mol. The van der Waals surface area contributed by atoms with E-state index in [0.717, 1.165) is 6.07 Å². The molecule has 19 heavy (non-hydrogen) atoms. The van der Waals surface area contributed by atoms with Crippen molar-refractivity contribution < 1.29 is 19.1 Å². The molecular weight excluding hydrogens is 253 g/mol. The first-order chi connectivity index (χ1) is 9.04. The number of halogens is 1. The average molecular weight is 265 g/mol. The number of hydrogen-bond donors (Lipinski definition) is 4. The Kier molecular flexibility index (Phi) is 3.48. The zero-order chi connectivity index (χ0) is 14.0. The number of fused-ring (bicyclic) bond motifs is 1. The van der Waals surface area contributed by atoms with Crippen LogP contribution in [0.4, 0.5) is 4.39 Å². The summed E-state index contributed by atoms with van der Waals surface area (Å²) in [6.07, 6.45) is 1.50. The summed E-state index contributed by atoms with van der Waals surface area (Å²) in [5.74, 6) is -1.92. The first-order valence-electron chi connectivity index (χ1n) is 5.51. The van der Waals surface area contributed by atoms with E-state index in [1.165, 1.54) is 18.3 Å². The van der Waals surface area contributed by atoms with Crippen LogP contribution in [-0.2, 0) is 4.79 Å². The van der Waals surface area contributed by atoms with Gasteiger partial charge in [0.1, 0.15) is 11.9 Å². The minimum absolute atomic E-state index is 0.168. The van der Waals surface area contributed by atoms with Crippen molar-refractivity contribution in [2.75, 3.05) is 6.61 Å². The maximum absolute atomic E-state index is 13.5. The number of aromatic amines is 1. The Balaban J connectivity index is 2.34. The molecule has 0 spiro atoms. The Morgan fingerprint density at radius 3 is 2.79 bits per heavy atom. The summed E-state index contributed by atoms with van der Waals surface area (Å²) >= 11 is 0. The lowest BCUT2D eigenvalue weighted by Gasteiger charge is -2.13. The molecule has 0 unspecified atom stereocenters. The van der Waals surface area contributed by atoms with Crippen LogP contribution in [-0.4, -0.2) is 34.6 Å². The minimum atomic E-state index is -1.18. The van der Waals surface area contributed by atoms with Gasteiger partial charge in [-0.3, -0.25) is 9.59 Å². The van der Waals surface area contributed by atoms with Crippen molar-refractivity contribution in [1.82, 2.24) is 10.3 Å². The van der Waals surface area contributed by atoms with Crippen LogP contribution in [0.25, 0.3) is 10.9 Å². The first-order valence-corrected chi connectivity index (χ1v) is 5.51. The average Bonchev–Trinajstić information content (AvgIpc) is 2.85. The summed E-state index contributed by atoms with van der Waals surface area (Å²) in [5, 5.41) is 11.5. The fraction of sp³-hybridized carbons (Fsp3) is 0.167. The fourth-order valence-electron chi connectivity index (χ4n) is 1.75. The molecule has 0 fully saturated rings. The molecule has 1 aromatic carbocycles. The van der Waals surface area contributed by atoms with E-state index < -0.39 is 30.3 Å². The molecule has 1 atom stereocenters. The number of carbonyl (C=O) groups is 2. The van der Waals surface area contributed by atoms with E-state index in [9.17, 15) is 14.0 Å². The number of amides is 2. The van der Waals surface area contributed by atoms with Crippen molar-refractivity contribution in [2.45, 2.75) is 6.04 Å². The van der Waals surface area contributed by atoms with Gasteiger partial charge in [-0.15, -0.1) is 0 Å². The third-order valence-corrected chi connectivity index (χ3v) is 2.75. The summed E-state index contributed by atoms with van der Waals surface area (Å²) in [6.45, 7) is -0.601. The van der Waals surface area contributed by atoms with Crippen molar-refractivity contribution in [3.05, 3.63) is 35.8 Å². The molecule has 0 aliphatic carbocycles. The number of nitrogens with one attached hydrogen (secondary N) is 2. The molecule has 1 aromatic heterocycles. The van der Waals surface area contributed by atoms with Crippen LogP contribution >= 0.6 is 0 Å². The van der Waals surface area contributed by atoms with Crippen LogP contribution in [0.2, 0.25) is 0 Å². The zero-order valence-electron chi connectivity index (χ0n) is 9.81. The van der Waals surface area contributed by atoms with Crippen molar-refractivity contribution in [3.8, 4) is 0 Å². The quantitative estimate of drug-likeness (QED) is 0.619. The number of primary amides is 1. The van der Waals surface area contributed by atoms with Crippen LogP contribution in [0.15, 0.2) is 24.4 Å². The van der Waals surface area contributed by atoms with Crippen molar-refractivity contribution in [3.63, 3.8) is 0 Å². The van der Waals surface area contributed by atoms with Crippen LogP contribution in [0.1, 0.15) is 10.4 Å². The normalized spacial score (nSPS) is 12.3. The summed E-state index contributed by atoms with van der Waals surface area (Å²) in [5.41, 5.74) is 5.49. The van der Waals surface area contributed by atoms with Gasteiger partial charge < -0.3 is 21.1 Å². The molecule has 0 saturated carbocycles. The maximum Gasteiger partial charge on any atom is 0.254 e. The van der Waals surface area contributed by atoms with Gasteiger partial charge in [0.2, 0.25) is 5.91 Å².